The molecule has 0 radical (unpaired) electrons. The molecule has 5 nitrogen and oxygen atoms in total. The van der Waals surface area contributed by atoms with Crippen molar-refractivity contribution in [2.45, 2.75) is 13.3 Å². The first-order chi connectivity index (χ1) is 8.77. The summed E-state index contributed by atoms with van der Waals surface area (Å²) in [5.41, 5.74) is 0. The van der Waals surface area contributed by atoms with E-state index in [2.05, 4.69) is 22.5 Å². The molecule has 2 aliphatic rings. The van der Waals surface area contributed by atoms with Crippen molar-refractivity contribution in [3.63, 3.8) is 0 Å². The van der Waals surface area contributed by atoms with Crippen LogP contribution in [0.5, 0.6) is 0 Å². The van der Waals surface area contributed by atoms with Gasteiger partial charge in [-0.1, -0.05) is 6.92 Å². The fraction of sp³-hybridized carbons (Fsp3) is 0.923. The third kappa shape index (κ3) is 3.93. The zero-order chi connectivity index (χ0) is 12.8. The molecule has 2 aliphatic heterocycles. The summed E-state index contributed by atoms with van der Waals surface area (Å²) < 4.78 is 5.31. The molecule has 1 amide bonds. The summed E-state index contributed by atoms with van der Waals surface area (Å²) in [6.45, 7) is 9.52. The minimum absolute atomic E-state index is 0.161. The van der Waals surface area contributed by atoms with Gasteiger partial charge in [0.2, 0.25) is 5.91 Å². The van der Waals surface area contributed by atoms with Crippen LogP contribution in [0.3, 0.4) is 0 Å². The van der Waals surface area contributed by atoms with Crippen molar-refractivity contribution in [3.05, 3.63) is 0 Å². The molecule has 104 valence electrons. The Bertz CT molecular complexity index is 267. The Labute approximate surface area is 109 Å². The molecule has 0 spiro atoms. The molecule has 2 N–H and O–H groups in total. The van der Waals surface area contributed by atoms with E-state index in [0.717, 1.165) is 58.9 Å². The van der Waals surface area contributed by atoms with Crippen LogP contribution in [0, 0.1) is 11.8 Å². The minimum Gasteiger partial charge on any atom is -0.379 e. The molecule has 0 bridgehead atoms. The van der Waals surface area contributed by atoms with Crippen molar-refractivity contribution in [2.24, 2.45) is 11.8 Å². The second kappa shape index (κ2) is 7.07. The van der Waals surface area contributed by atoms with Gasteiger partial charge in [-0.15, -0.1) is 0 Å². The van der Waals surface area contributed by atoms with E-state index in [1.807, 2.05) is 0 Å². The summed E-state index contributed by atoms with van der Waals surface area (Å²) in [6, 6.07) is 0. The van der Waals surface area contributed by atoms with Gasteiger partial charge in [0, 0.05) is 26.2 Å². The molecular formula is C13H25N3O2. The van der Waals surface area contributed by atoms with E-state index in [4.69, 9.17) is 4.74 Å². The van der Waals surface area contributed by atoms with Crippen LogP contribution in [0.15, 0.2) is 0 Å². The number of amides is 1. The van der Waals surface area contributed by atoms with E-state index in [1.165, 1.54) is 0 Å². The molecule has 0 aromatic heterocycles. The Kier molecular flexibility index (Phi) is 5.41. The predicted octanol–water partition coefficient (Wildman–Crippen LogP) is -0.320. The van der Waals surface area contributed by atoms with Gasteiger partial charge in [0.05, 0.1) is 19.1 Å². The van der Waals surface area contributed by atoms with Crippen LogP contribution in [0.25, 0.3) is 0 Å². The molecule has 0 unspecified atom stereocenters. The predicted molar refractivity (Wildman–Crippen MR) is 70.4 cm³/mol. The van der Waals surface area contributed by atoms with Crippen LogP contribution >= 0.6 is 0 Å². The van der Waals surface area contributed by atoms with Gasteiger partial charge in [0.25, 0.3) is 0 Å². The number of carbonyl (C=O) groups is 1. The lowest BCUT2D eigenvalue weighted by Crippen LogP contribution is -2.39. The highest BCUT2D eigenvalue weighted by molar-refractivity contribution is 5.79. The van der Waals surface area contributed by atoms with Crippen molar-refractivity contribution < 1.29 is 9.53 Å². The normalized spacial score (nSPS) is 29.4. The average molecular weight is 255 g/mol. The third-order valence-corrected chi connectivity index (χ3v) is 3.91. The Morgan fingerprint density at radius 1 is 1.39 bits per heavy atom. The second-order valence-electron chi connectivity index (χ2n) is 5.34. The minimum atomic E-state index is 0.161. The summed E-state index contributed by atoms with van der Waals surface area (Å²) >= 11 is 0. The van der Waals surface area contributed by atoms with Crippen molar-refractivity contribution in [2.75, 3.05) is 52.5 Å². The Hall–Kier alpha value is -0.650. The lowest BCUT2D eigenvalue weighted by molar-refractivity contribution is -0.125. The zero-order valence-corrected chi connectivity index (χ0v) is 11.3. The van der Waals surface area contributed by atoms with Gasteiger partial charge < -0.3 is 15.4 Å². The van der Waals surface area contributed by atoms with E-state index >= 15 is 0 Å². The second-order valence-corrected chi connectivity index (χ2v) is 5.34. The number of carbonyl (C=O) groups excluding carboxylic acids is 1. The highest BCUT2D eigenvalue weighted by atomic mass is 16.5. The van der Waals surface area contributed by atoms with Gasteiger partial charge in [-0.2, -0.15) is 0 Å². The Morgan fingerprint density at radius 2 is 2.17 bits per heavy atom. The van der Waals surface area contributed by atoms with Crippen LogP contribution in [-0.4, -0.2) is 63.3 Å². The number of morpholine rings is 1. The molecule has 0 aromatic carbocycles. The third-order valence-electron chi connectivity index (χ3n) is 3.91. The van der Waals surface area contributed by atoms with E-state index in [9.17, 15) is 4.79 Å². The van der Waals surface area contributed by atoms with E-state index in [-0.39, 0.29) is 11.8 Å². The molecule has 0 aromatic rings. The molecule has 0 saturated carbocycles. The summed E-state index contributed by atoms with van der Waals surface area (Å²) in [5, 5.41) is 6.32. The van der Waals surface area contributed by atoms with Crippen LogP contribution in [0.1, 0.15) is 13.3 Å². The Balaban J connectivity index is 1.56. The van der Waals surface area contributed by atoms with Gasteiger partial charge in [-0.05, 0) is 25.4 Å². The van der Waals surface area contributed by atoms with E-state index in [1.54, 1.807) is 0 Å². The van der Waals surface area contributed by atoms with Crippen molar-refractivity contribution in [3.8, 4) is 0 Å². The molecule has 2 saturated heterocycles. The lowest BCUT2D eigenvalue weighted by Gasteiger charge is -2.26. The Morgan fingerprint density at radius 3 is 2.83 bits per heavy atom. The number of ether oxygens (including phenoxy) is 1. The fourth-order valence-corrected chi connectivity index (χ4v) is 2.63. The smallest absolute Gasteiger partial charge is 0.224 e. The van der Waals surface area contributed by atoms with Crippen LogP contribution in [0.4, 0.5) is 0 Å². The lowest BCUT2D eigenvalue weighted by atomic mass is 9.97. The highest BCUT2D eigenvalue weighted by Crippen LogP contribution is 2.15. The molecule has 0 aliphatic carbocycles. The molecule has 2 rings (SSSR count). The average Bonchev–Trinajstić information content (AvgIpc) is 2.82. The molecule has 2 atom stereocenters. The molecular weight excluding hydrogens is 230 g/mol. The van der Waals surface area contributed by atoms with Crippen LogP contribution < -0.4 is 10.6 Å². The first-order valence-corrected chi connectivity index (χ1v) is 7.06. The maximum Gasteiger partial charge on any atom is 0.224 e. The number of nitrogens with zero attached hydrogens (tertiary/aromatic N) is 1. The topological polar surface area (TPSA) is 53.6 Å². The van der Waals surface area contributed by atoms with E-state index < -0.39 is 0 Å². The first kappa shape index (κ1) is 13.8. The quantitative estimate of drug-likeness (QED) is 0.661. The maximum atomic E-state index is 11.9. The first-order valence-electron chi connectivity index (χ1n) is 7.06. The summed E-state index contributed by atoms with van der Waals surface area (Å²) in [4.78, 5) is 14.3. The maximum absolute atomic E-state index is 11.9. The van der Waals surface area contributed by atoms with Gasteiger partial charge in [0.15, 0.2) is 0 Å². The van der Waals surface area contributed by atoms with Gasteiger partial charge in [-0.3, -0.25) is 9.69 Å². The van der Waals surface area contributed by atoms with Gasteiger partial charge in [-0.25, -0.2) is 0 Å². The van der Waals surface area contributed by atoms with Crippen LogP contribution in [-0.2, 0) is 9.53 Å². The monoisotopic (exact) mass is 255 g/mol. The molecule has 5 heteroatoms. The standard InChI is InChI=1S/C13H25N3O2/c1-11-9-14-10-12(11)13(17)15-3-2-4-16-5-7-18-8-6-16/h11-12,14H,2-10H2,1H3,(H,15,17)/t11-,12-/m1/s1. The highest BCUT2D eigenvalue weighted by Gasteiger charge is 2.28. The number of nitrogens with one attached hydrogen (secondary N) is 2. The van der Waals surface area contributed by atoms with Gasteiger partial charge >= 0.3 is 0 Å². The van der Waals surface area contributed by atoms with Gasteiger partial charge in [0.1, 0.15) is 0 Å². The van der Waals surface area contributed by atoms with E-state index in [0.29, 0.717) is 5.92 Å². The molecule has 2 fully saturated rings. The number of hydrogen-bond donors (Lipinski definition) is 2. The fourth-order valence-electron chi connectivity index (χ4n) is 2.63. The largest absolute Gasteiger partial charge is 0.379 e. The van der Waals surface area contributed by atoms with Crippen molar-refractivity contribution in [1.82, 2.24) is 15.5 Å². The summed E-state index contributed by atoms with van der Waals surface area (Å²) in [6.07, 6.45) is 1.03. The van der Waals surface area contributed by atoms with Crippen LogP contribution in [0.2, 0.25) is 0 Å². The molecule has 2 heterocycles. The van der Waals surface area contributed by atoms with Crippen molar-refractivity contribution >= 4 is 5.91 Å². The summed E-state index contributed by atoms with van der Waals surface area (Å²) in [7, 11) is 0. The summed E-state index contributed by atoms with van der Waals surface area (Å²) in [5.74, 6) is 0.840. The van der Waals surface area contributed by atoms with Crippen molar-refractivity contribution in [1.29, 1.82) is 0 Å². The molecule has 18 heavy (non-hydrogen) atoms. The zero-order valence-electron chi connectivity index (χ0n) is 11.3. The number of rotatable bonds is 5. The SMILES string of the molecule is C[C@@H]1CNC[C@H]1C(=O)NCCCN1CCOCC1. The number of hydrogen-bond acceptors (Lipinski definition) is 4.